The lowest BCUT2D eigenvalue weighted by atomic mass is 9.61. The second-order valence-electron chi connectivity index (χ2n) is 8.40. The monoisotopic (exact) mass is 264 g/mol. The number of allylic oxidation sites excluding steroid dienone is 2. The van der Waals surface area contributed by atoms with Crippen molar-refractivity contribution in [2.75, 3.05) is 0 Å². The van der Waals surface area contributed by atoms with Crippen LogP contribution in [0.4, 0.5) is 0 Å². The van der Waals surface area contributed by atoms with Gasteiger partial charge in [0.2, 0.25) is 0 Å². The Morgan fingerprint density at radius 2 is 1.94 bits per heavy atom. The van der Waals surface area contributed by atoms with Crippen molar-refractivity contribution < 1.29 is 0 Å². The van der Waals surface area contributed by atoms with E-state index < -0.39 is 8.07 Å². The molecule has 0 N–H and O–H groups in total. The van der Waals surface area contributed by atoms with Crippen molar-refractivity contribution in [3.8, 4) is 0 Å². The molecule has 0 heterocycles. The van der Waals surface area contributed by atoms with E-state index in [2.05, 4.69) is 46.5 Å². The highest BCUT2D eigenvalue weighted by atomic mass is 28.3. The van der Waals surface area contributed by atoms with E-state index in [1.807, 2.05) is 5.57 Å². The van der Waals surface area contributed by atoms with Crippen molar-refractivity contribution in [2.45, 2.75) is 78.1 Å². The Hall–Kier alpha value is -0.0431. The van der Waals surface area contributed by atoms with E-state index in [1.54, 1.807) is 0 Å². The van der Waals surface area contributed by atoms with Gasteiger partial charge in [-0.15, -0.1) is 0 Å². The Morgan fingerprint density at radius 3 is 2.50 bits per heavy atom. The Kier molecular flexibility index (Phi) is 3.84. The molecule has 0 aromatic heterocycles. The lowest BCUT2D eigenvalue weighted by Crippen LogP contribution is -2.46. The van der Waals surface area contributed by atoms with Gasteiger partial charge in [0.05, 0.1) is 0 Å². The minimum Gasteiger partial charge on any atom is -0.0848 e. The van der Waals surface area contributed by atoms with Crippen molar-refractivity contribution in [1.82, 2.24) is 0 Å². The molecule has 104 valence electrons. The normalized spacial score (nSPS) is 37.4. The first kappa shape index (κ1) is 14.4. The van der Waals surface area contributed by atoms with Crippen LogP contribution in [-0.4, -0.2) is 8.07 Å². The van der Waals surface area contributed by atoms with Crippen molar-refractivity contribution >= 4 is 8.07 Å². The molecule has 2 aliphatic rings. The zero-order valence-corrected chi connectivity index (χ0v) is 14.3. The molecular weight excluding hydrogens is 232 g/mol. The van der Waals surface area contributed by atoms with E-state index in [-0.39, 0.29) is 0 Å². The van der Waals surface area contributed by atoms with Crippen LogP contribution in [0.1, 0.15) is 52.9 Å². The molecule has 2 aliphatic carbocycles. The molecule has 2 rings (SSSR count). The third-order valence-corrected chi connectivity index (χ3v) is 8.77. The van der Waals surface area contributed by atoms with Crippen LogP contribution in [0.3, 0.4) is 0 Å². The Bertz CT molecular complexity index is 334. The Labute approximate surface area is 115 Å². The average molecular weight is 265 g/mol. The molecule has 0 aromatic rings. The van der Waals surface area contributed by atoms with Crippen LogP contribution in [0, 0.1) is 17.3 Å². The fraction of sp³-hybridized carbons (Fsp3) is 0.882. The van der Waals surface area contributed by atoms with Gasteiger partial charge in [0.15, 0.2) is 0 Å². The molecule has 0 bridgehead atoms. The van der Waals surface area contributed by atoms with Crippen molar-refractivity contribution in [3.63, 3.8) is 0 Å². The fourth-order valence-electron chi connectivity index (χ4n) is 4.60. The first-order chi connectivity index (χ1) is 8.25. The molecule has 18 heavy (non-hydrogen) atoms. The molecule has 1 fully saturated rings. The van der Waals surface area contributed by atoms with E-state index >= 15 is 0 Å². The molecular formula is C17H32Si. The quantitative estimate of drug-likeness (QED) is 0.432. The van der Waals surface area contributed by atoms with Gasteiger partial charge >= 0.3 is 0 Å². The molecule has 0 amide bonds. The molecule has 0 aromatic carbocycles. The number of fused-ring (bicyclic) bond motifs is 1. The summed E-state index contributed by atoms with van der Waals surface area (Å²) in [6.45, 7) is 15.2. The standard InChI is InChI=1S/C17H32Si/c1-13(2)14-11-15-9-7-8-10-17(15,3)16(12-14)18(4,5)6/h9,13-14,16H,7-8,10-12H2,1-6H3/t14-,16+,17+/m0/s1. The van der Waals surface area contributed by atoms with E-state index in [9.17, 15) is 0 Å². The molecule has 0 spiro atoms. The van der Waals surface area contributed by atoms with Gasteiger partial charge in [-0.3, -0.25) is 0 Å². The van der Waals surface area contributed by atoms with Crippen molar-refractivity contribution in [1.29, 1.82) is 0 Å². The second kappa shape index (κ2) is 4.81. The fourth-order valence-corrected chi connectivity index (χ4v) is 7.85. The maximum absolute atomic E-state index is 2.62. The molecule has 0 saturated heterocycles. The lowest BCUT2D eigenvalue weighted by molar-refractivity contribution is 0.186. The first-order valence-electron chi connectivity index (χ1n) is 7.94. The van der Waals surface area contributed by atoms with Crippen LogP contribution in [-0.2, 0) is 0 Å². The number of hydrogen-bond acceptors (Lipinski definition) is 0. The van der Waals surface area contributed by atoms with Gasteiger partial charge in [0.25, 0.3) is 0 Å². The third-order valence-electron chi connectivity index (χ3n) is 5.80. The van der Waals surface area contributed by atoms with Gasteiger partial charge in [-0.2, -0.15) is 0 Å². The highest BCUT2D eigenvalue weighted by molar-refractivity contribution is 6.77. The van der Waals surface area contributed by atoms with Crippen LogP contribution in [0.25, 0.3) is 0 Å². The van der Waals surface area contributed by atoms with Crippen LogP contribution < -0.4 is 0 Å². The molecule has 1 saturated carbocycles. The summed E-state index contributed by atoms with van der Waals surface area (Å²) in [4.78, 5) is 0. The lowest BCUT2D eigenvalue weighted by Gasteiger charge is -2.54. The highest BCUT2D eigenvalue weighted by Crippen LogP contribution is 2.59. The van der Waals surface area contributed by atoms with Gasteiger partial charge < -0.3 is 0 Å². The number of hydrogen-bond donors (Lipinski definition) is 0. The van der Waals surface area contributed by atoms with Gasteiger partial charge in [0, 0.05) is 8.07 Å². The Balaban J connectivity index is 2.35. The number of rotatable bonds is 2. The summed E-state index contributed by atoms with van der Waals surface area (Å²) in [7, 11) is -1.07. The largest absolute Gasteiger partial charge is 0.0848 e. The van der Waals surface area contributed by atoms with Crippen molar-refractivity contribution in [2.24, 2.45) is 17.3 Å². The third kappa shape index (κ3) is 2.48. The van der Waals surface area contributed by atoms with Crippen LogP contribution in [0.15, 0.2) is 11.6 Å². The zero-order chi connectivity index (χ0) is 13.6. The smallest absolute Gasteiger partial charge is 0.0482 e. The summed E-state index contributed by atoms with van der Waals surface area (Å²) in [5.41, 5.74) is 3.40. The van der Waals surface area contributed by atoms with Gasteiger partial charge in [-0.1, -0.05) is 52.1 Å². The van der Waals surface area contributed by atoms with E-state index in [4.69, 9.17) is 0 Å². The summed E-state index contributed by atoms with van der Waals surface area (Å²) >= 11 is 0. The maximum Gasteiger partial charge on any atom is 0.0482 e. The predicted molar refractivity (Wildman–Crippen MR) is 84.7 cm³/mol. The molecule has 0 unspecified atom stereocenters. The molecule has 1 heteroatoms. The maximum atomic E-state index is 2.62. The van der Waals surface area contributed by atoms with E-state index in [0.29, 0.717) is 5.41 Å². The first-order valence-corrected chi connectivity index (χ1v) is 11.5. The average Bonchev–Trinajstić information content (AvgIpc) is 2.25. The second-order valence-corrected chi connectivity index (χ2v) is 13.8. The summed E-state index contributed by atoms with van der Waals surface area (Å²) < 4.78 is 0. The van der Waals surface area contributed by atoms with Gasteiger partial charge in [-0.25, -0.2) is 0 Å². The summed E-state index contributed by atoms with van der Waals surface area (Å²) in [6, 6.07) is 0. The van der Waals surface area contributed by atoms with E-state index in [0.717, 1.165) is 17.4 Å². The van der Waals surface area contributed by atoms with Gasteiger partial charge in [-0.05, 0) is 54.9 Å². The minimum atomic E-state index is -1.07. The summed E-state index contributed by atoms with van der Waals surface area (Å²) in [6.07, 6.45) is 9.74. The topological polar surface area (TPSA) is 0 Å². The van der Waals surface area contributed by atoms with Crippen LogP contribution in [0.5, 0.6) is 0 Å². The predicted octanol–water partition coefficient (Wildman–Crippen LogP) is 5.88. The van der Waals surface area contributed by atoms with Crippen molar-refractivity contribution in [3.05, 3.63) is 11.6 Å². The molecule has 0 radical (unpaired) electrons. The zero-order valence-electron chi connectivity index (χ0n) is 13.3. The molecule has 0 nitrogen and oxygen atoms in total. The SMILES string of the molecule is CC(C)[C@H]1CC2=CCCC[C@@]2(C)[C@H]([Si](C)(C)C)C1. The van der Waals surface area contributed by atoms with E-state index in [1.165, 1.54) is 32.1 Å². The minimum absolute atomic E-state index is 0.564. The summed E-state index contributed by atoms with van der Waals surface area (Å²) in [5.74, 6) is 1.80. The molecule has 3 atom stereocenters. The van der Waals surface area contributed by atoms with Crippen LogP contribution >= 0.6 is 0 Å². The Morgan fingerprint density at radius 1 is 1.28 bits per heavy atom. The molecule has 0 aliphatic heterocycles. The van der Waals surface area contributed by atoms with Crippen LogP contribution in [0.2, 0.25) is 25.2 Å². The summed E-state index contributed by atoms with van der Waals surface area (Å²) in [5, 5.41) is 0. The highest BCUT2D eigenvalue weighted by Gasteiger charge is 2.49. The van der Waals surface area contributed by atoms with Gasteiger partial charge in [0.1, 0.15) is 0 Å².